The van der Waals surface area contributed by atoms with Gasteiger partial charge in [0.2, 0.25) is 5.43 Å². The number of hydrogen-bond acceptors (Lipinski definition) is 7. The quantitative estimate of drug-likeness (QED) is 0.166. The van der Waals surface area contributed by atoms with Crippen LogP contribution in [0.4, 0.5) is 32.5 Å². The average Bonchev–Trinajstić information content (AvgIpc) is 3.54. The van der Waals surface area contributed by atoms with Crippen LogP contribution in [0.3, 0.4) is 0 Å². The molecule has 1 aliphatic carbocycles. The summed E-state index contributed by atoms with van der Waals surface area (Å²) >= 11 is 0.950. The summed E-state index contributed by atoms with van der Waals surface area (Å²) < 4.78 is 76.1. The van der Waals surface area contributed by atoms with Crippen LogP contribution < -0.4 is 10.3 Å². The molecule has 1 aliphatic heterocycles. The predicted molar refractivity (Wildman–Crippen MR) is 115 cm³/mol. The molecule has 15 heteroatoms. The van der Waals surface area contributed by atoms with Gasteiger partial charge in [-0.1, -0.05) is 11.3 Å². The number of nitrogens with zero attached hydrogens (tertiary/aromatic N) is 3. The molecule has 0 spiro atoms. The molecule has 0 N–H and O–H groups in total. The molecule has 5 rings (SSSR count). The highest BCUT2D eigenvalue weighted by Gasteiger charge is 2.36. The van der Waals surface area contributed by atoms with E-state index in [1.807, 2.05) is 0 Å². The van der Waals surface area contributed by atoms with Gasteiger partial charge in [0.1, 0.15) is 11.3 Å². The zero-order valence-corrected chi connectivity index (χ0v) is 18.3. The number of fused-ring (bicyclic) bond motifs is 2. The molecule has 1 saturated carbocycles. The molecule has 0 atom stereocenters. The Morgan fingerprint density at radius 2 is 1.91 bits per heavy atom. The smallest absolute Gasteiger partial charge is 0.474 e. The Morgan fingerprint density at radius 3 is 2.54 bits per heavy atom. The van der Waals surface area contributed by atoms with Crippen LogP contribution in [0.1, 0.15) is 39.7 Å². The van der Waals surface area contributed by atoms with Crippen molar-refractivity contribution < 1.29 is 36.2 Å². The predicted octanol–water partition coefficient (Wildman–Crippen LogP) is 4.37. The Hall–Kier alpha value is -3.49. The summed E-state index contributed by atoms with van der Waals surface area (Å²) in [5, 5.41) is 9.86. The molecule has 1 aromatic carbocycles. The van der Waals surface area contributed by atoms with Crippen LogP contribution in [0.2, 0.25) is 0 Å². The first kappa shape index (κ1) is 23.3. The zero-order valence-electron chi connectivity index (χ0n) is 17.5. The highest BCUT2D eigenvalue weighted by atomic mass is 32.1. The Morgan fingerprint density at radius 1 is 1.20 bits per heavy atom. The number of rotatable bonds is 5. The van der Waals surface area contributed by atoms with Crippen molar-refractivity contribution in [1.29, 1.82) is 0 Å². The Bertz CT molecular complexity index is 1470. The topological polar surface area (TPSA) is 94.7 Å². The zero-order chi connectivity index (χ0) is 25.2. The molecule has 0 amide bonds. The fraction of sp³-hybridized carbons (Fsp3) is 0.300. The van der Waals surface area contributed by atoms with Crippen LogP contribution in [0, 0.1) is 27.6 Å². The van der Waals surface area contributed by atoms with Gasteiger partial charge in [0, 0.05) is 36.3 Å². The lowest BCUT2D eigenvalue weighted by atomic mass is 10.0. The summed E-state index contributed by atoms with van der Waals surface area (Å²) in [6.07, 6.45) is 2.00. The fourth-order valence-corrected chi connectivity index (χ4v) is 5.26. The number of aromatic nitrogens is 1. The van der Waals surface area contributed by atoms with E-state index in [0.29, 0.717) is 23.3 Å². The first-order valence-electron chi connectivity index (χ1n) is 10.3. The molecular weight excluding hydrogens is 500 g/mol. The van der Waals surface area contributed by atoms with Crippen LogP contribution in [0.5, 0.6) is 0 Å². The molecule has 2 aliphatic rings. The maximum Gasteiger partial charge on any atom is 0.798 e. The van der Waals surface area contributed by atoms with Gasteiger partial charge >= 0.3 is 18.4 Å². The Kier molecular flexibility index (Phi) is 5.53. The maximum absolute atomic E-state index is 15.8. The summed E-state index contributed by atoms with van der Waals surface area (Å²) in [5.74, 6) is -6.43. The van der Waals surface area contributed by atoms with Gasteiger partial charge < -0.3 is 14.1 Å². The van der Waals surface area contributed by atoms with Crippen molar-refractivity contribution in [1.82, 2.24) is 4.57 Å². The third-order valence-electron chi connectivity index (χ3n) is 5.98. The van der Waals surface area contributed by atoms with Crippen LogP contribution in [-0.4, -0.2) is 29.5 Å². The van der Waals surface area contributed by atoms with E-state index in [1.54, 1.807) is 0 Å². The summed E-state index contributed by atoms with van der Waals surface area (Å²) in [6.45, 7) is -0.110. The number of carbonyl (C=O) groups is 1. The molecule has 8 nitrogen and oxygen atoms in total. The summed E-state index contributed by atoms with van der Waals surface area (Å²) in [4.78, 5) is 37.1. The molecule has 1 fully saturated rings. The minimum absolute atomic E-state index is 0.0237. The molecule has 3 heterocycles. The van der Waals surface area contributed by atoms with Crippen LogP contribution in [-0.2, 0) is 17.6 Å². The van der Waals surface area contributed by atoms with Gasteiger partial charge in [0.15, 0.2) is 17.5 Å². The van der Waals surface area contributed by atoms with Gasteiger partial charge in [-0.3, -0.25) is 14.9 Å². The highest BCUT2D eigenvalue weighted by Crippen LogP contribution is 2.42. The number of pyridine rings is 1. The van der Waals surface area contributed by atoms with Gasteiger partial charge in [-0.2, -0.15) is 0 Å². The third kappa shape index (κ3) is 3.83. The van der Waals surface area contributed by atoms with Crippen molar-refractivity contribution in [3.05, 3.63) is 66.1 Å². The van der Waals surface area contributed by atoms with Crippen molar-refractivity contribution in [3.8, 4) is 0 Å². The lowest BCUT2D eigenvalue weighted by Crippen LogP contribution is -2.32. The second-order valence-corrected chi connectivity index (χ2v) is 9.27. The van der Waals surface area contributed by atoms with Crippen molar-refractivity contribution in [2.45, 2.75) is 31.8 Å². The average molecular weight is 513 g/mol. The fourth-order valence-electron chi connectivity index (χ4n) is 4.29. The molecule has 0 bridgehead atoms. The number of nitro groups is 1. The largest absolute Gasteiger partial charge is 0.798 e. The van der Waals surface area contributed by atoms with Gasteiger partial charge in [-0.05, 0) is 24.8 Å². The molecule has 3 aromatic rings. The molecule has 0 saturated heterocycles. The number of anilines is 1. The molecule has 35 heavy (non-hydrogen) atoms. The number of hydrogen-bond donors (Lipinski definition) is 0. The molecule has 182 valence electrons. The van der Waals surface area contributed by atoms with E-state index in [-0.39, 0.29) is 24.5 Å². The van der Waals surface area contributed by atoms with Crippen molar-refractivity contribution in [2.24, 2.45) is 0 Å². The van der Waals surface area contributed by atoms with E-state index >= 15 is 13.2 Å². The second kappa shape index (κ2) is 8.32. The number of thiophene rings is 1. The van der Waals surface area contributed by atoms with Crippen LogP contribution in [0.15, 0.2) is 17.1 Å². The SMILES string of the molecule is O=C(OB(F)F)c1cn(C2CC2)c2c(F)c(N3CCc4sc([N+](=O)[O-])cc4C3)c(F)c(F)c2c1=O. The van der Waals surface area contributed by atoms with Crippen LogP contribution in [0.25, 0.3) is 10.9 Å². The van der Waals surface area contributed by atoms with Gasteiger partial charge in [0.05, 0.1) is 15.8 Å². The van der Waals surface area contributed by atoms with Gasteiger partial charge in [-0.25, -0.2) is 26.6 Å². The van der Waals surface area contributed by atoms with Crippen molar-refractivity contribution in [2.75, 3.05) is 11.4 Å². The third-order valence-corrected chi connectivity index (χ3v) is 7.17. The minimum Gasteiger partial charge on any atom is -0.474 e. The van der Waals surface area contributed by atoms with E-state index in [2.05, 4.69) is 4.65 Å². The summed E-state index contributed by atoms with van der Waals surface area (Å²) in [7, 11) is -3.55. The number of halogens is 5. The number of carbonyl (C=O) groups excluding carboxylic acids is 1. The monoisotopic (exact) mass is 513 g/mol. The molecular formula is C20H13BF5N3O5S. The van der Waals surface area contributed by atoms with E-state index in [1.165, 1.54) is 11.0 Å². The molecule has 0 radical (unpaired) electrons. The van der Waals surface area contributed by atoms with Gasteiger partial charge in [0.25, 0.3) is 0 Å². The molecule has 0 unspecified atom stereocenters. The van der Waals surface area contributed by atoms with Crippen LogP contribution >= 0.6 is 11.3 Å². The highest BCUT2D eigenvalue weighted by molar-refractivity contribution is 7.15. The normalized spacial score (nSPS) is 15.3. The van der Waals surface area contributed by atoms with E-state index in [9.17, 15) is 28.3 Å². The van der Waals surface area contributed by atoms with E-state index < -0.39 is 69.4 Å². The minimum atomic E-state index is -3.55. The van der Waals surface area contributed by atoms with E-state index in [0.717, 1.165) is 22.1 Å². The Labute approximate surface area is 196 Å². The van der Waals surface area contributed by atoms with Crippen molar-refractivity contribution >= 4 is 46.4 Å². The first-order valence-corrected chi connectivity index (χ1v) is 11.2. The van der Waals surface area contributed by atoms with E-state index in [4.69, 9.17) is 0 Å². The first-order chi connectivity index (χ1) is 16.6. The number of benzene rings is 1. The summed E-state index contributed by atoms with van der Waals surface area (Å²) in [6, 6.07) is 0.830. The summed E-state index contributed by atoms with van der Waals surface area (Å²) in [5.41, 5.74) is -3.33. The Balaban J connectivity index is 1.69. The standard InChI is InChI=1S/C20H13BF5N3O5S/c22-14-13-17(28(9-1-2-9)7-10(19(13)30)20(31)34-21(25)26)16(24)18(15(14)23)27-4-3-11-8(6-27)5-12(35-11)29(32)33/h5,7,9H,1-4,6H2. The lowest BCUT2D eigenvalue weighted by molar-refractivity contribution is -0.380. The lowest BCUT2D eigenvalue weighted by Gasteiger charge is -2.30. The van der Waals surface area contributed by atoms with Gasteiger partial charge in [-0.15, -0.1) is 0 Å². The molecule has 2 aromatic heterocycles. The second-order valence-electron chi connectivity index (χ2n) is 8.15. The maximum atomic E-state index is 15.8. The van der Waals surface area contributed by atoms with Crippen molar-refractivity contribution in [3.63, 3.8) is 0 Å².